The molecule has 7 nitrogen and oxygen atoms in total. The predicted octanol–water partition coefficient (Wildman–Crippen LogP) is 2.07. The number of ketones is 2. The Labute approximate surface area is 160 Å². The lowest BCUT2D eigenvalue weighted by Crippen LogP contribution is -2.29. The maximum atomic E-state index is 12.6. The zero-order valence-corrected chi connectivity index (χ0v) is 16.3. The Kier molecular flexibility index (Phi) is 8.16. The van der Waals surface area contributed by atoms with Crippen molar-refractivity contribution in [3.8, 4) is 0 Å². The maximum Gasteiger partial charge on any atom is 0.305 e. The van der Waals surface area contributed by atoms with Gasteiger partial charge in [0, 0.05) is 31.7 Å². The molecule has 0 amide bonds. The lowest BCUT2D eigenvalue weighted by atomic mass is 9.86. The zero-order chi connectivity index (χ0) is 19.8. The van der Waals surface area contributed by atoms with Crippen molar-refractivity contribution < 1.29 is 24.2 Å². The molecule has 150 valence electrons. The third kappa shape index (κ3) is 5.48. The van der Waals surface area contributed by atoms with E-state index < -0.39 is 18.0 Å². The average Bonchev–Trinajstić information content (AvgIpc) is 3.23. The minimum Gasteiger partial charge on any atom is -0.469 e. The number of aliphatic hydroxyl groups excluding tert-OH is 1. The largest absolute Gasteiger partial charge is 0.469 e. The van der Waals surface area contributed by atoms with Crippen LogP contribution < -0.4 is 5.43 Å². The number of carbonyl (C=O) groups excluding carboxylic acids is 3. The monoisotopic (exact) mass is 378 g/mol. The molecule has 2 rings (SSSR count). The topological polar surface area (TPSA) is 105 Å². The van der Waals surface area contributed by atoms with Gasteiger partial charge in [-0.15, -0.1) is 0 Å². The van der Waals surface area contributed by atoms with E-state index in [1.807, 2.05) is 0 Å². The van der Waals surface area contributed by atoms with Gasteiger partial charge in [-0.3, -0.25) is 14.4 Å². The Hall–Kier alpha value is -2.02. The SMILES string of the molecule is CCCCCCCC(=O)C1=NNCC1C1=C(CCC(=O)OC)C(=O)CC1O. The fourth-order valence-electron chi connectivity index (χ4n) is 3.75. The van der Waals surface area contributed by atoms with Gasteiger partial charge in [0.2, 0.25) is 0 Å². The number of nitrogens with zero attached hydrogens (tertiary/aromatic N) is 1. The summed E-state index contributed by atoms with van der Waals surface area (Å²) in [6.45, 7) is 2.53. The van der Waals surface area contributed by atoms with Crippen LogP contribution in [0.1, 0.15) is 64.7 Å². The molecule has 0 aromatic rings. The summed E-state index contributed by atoms with van der Waals surface area (Å²) in [5.41, 5.74) is 4.23. The number of allylic oxidation sites excluding steroid dienone is 1. The van der Waals surface area contributed by atoms with Gasteiger partial charge in [-0.2, -0.15) is 5.10 Å². The molecule has 1 aliphatic heterocycles. The minimum absolute atomic E-state index is 0.000821. The Morgan fingerprint density at radius 3 is 2.67 bits per heavy atom. The van der Waals surface area contributed by atoms with Gasteiger partial charge in [0.1, 0.15) is 5.71 Å². The van der Waals surface area contributed by atoms with Gasteiger partial charge in [0.05, 0.1) is 13.2 Å². The third-order valence-electron chi connectivity index (χ3n) is 5.22. The lowest BCUT2D eigenvalue weighted by molar-refractivity contribution is -0.140. The Balaban J connectivity index is 2.07. The molecular weight excluding hydrogens is 348 g/mol. The highest BCUT2D eigenvalue weighted by atomic mass is 16.5. The average molecular weight is 378 g/mol. The van der Waals surface area contributed by atoms with E-state index in [4.69, 9.17) is 0 Å². The number of hydrazone groups is 1. The van der Waals surface area contributed by atoms with Crippen LogP contribution in [0.25, 0.3) is 0 Å². The standard InChI is InChI=1S/C20H30N2O5/c1-3-4-5-6-7-8-15(23)20-14(12-21-22-20)19-13(9-10-18(26)27-2)16(24)11-17(19)25/h14,17,21,25H,3-12H2,1-2H3. The Morgan fingerprint density at radius 1 is 1.22 bits per heavy atom. The highest BCUT2D eigenvalue weighted by Gasteiger charge is 2.40. The van der Waals surface area contributed by atoms with Gasteiger partial charge in [0.15, 0.2) is 11.6 Å². The summed E-state index contributed by atoms with van der Waals surface area (Å²) >= 11 is 0. The van der Waals surface area contributed by atoms with Gasteiger partial charge >= 0.3 is 5.97 Å². The molecule has 27 heavy (non-hydrogen) atoms. The number of unbranched alkanes of at least 4 members (excludes halogenated alkanes) is 4. The van der Waals surface area contributed by atoms with E-state index in [0.29, 0.717) is 29.8 Å². The molecule has 0 saturated carbocycles. The van der Waals surface area contributed by atoms with Crippen LogP contribution in [0.4, 0.5) is 0 Å². The Morgan fingerprint density at radius 2 is 1.96 bits per heavy atom. The highest BCUT2D eigenvalue weighted by molar-refractivity contribution is 6.41. The van der Waals surface area contributed by atoms with E-state index in [1.165, 1.54) is 13.5 Å². The van der Waals surface area contributed by atoms with E-state index in [0.717, 1.165) is 25.7 Å². The van der Waals surface area contributed by atoms with Crippen LogP contribution in [-0.4, -0.2) is 48.1 Å². The molecule has 2 N–H and O–H groups in total. The maximum absolute atomic E-state index is 12.6. The van der Waals surface area contributed by atoms with Crippen molar-refractivity contribution in [2.24, 2.45) is 11.0 Å². The fourth-order valence-corrected chi connectivity index (χ4v) is 3.75. The molecule has 1 aliphatic carbocycles. The number of nitrogens with one attached hydrogen (secondary N) is 1. The van der Waals surface area contributed by atoms with Crippen LogP contribution >= 0.6 is 0 Å². The zero-order valence-electron chi connectivity index (χ0n) is 16.3. The number of esters is 1. The van der Waals surface area contributed by atoms with Gasteiger partial charge in [-0.1, -0.05) is 32.6 Å². The van der Waals surface area contributed by atoms with Crippen LogP contribution in [-0.2, 0) is 19.1 Å². The number of methoxy groups -OCH3 is 1. The smallest absolute Gasteiger partial charge is 0.305 e. The second-order valence-corrected chi connectivity index (χ2v) is 7.15. The highest BCUT2D eigenvalue weighted by Crippen LogP contribution is 2.34. The predicted molar refractivity (Wildman–Crippen MR) is 101 cm³/mol. The fraction of sp³-hybridized carbons (Fsp3) is 0.700. The number of Topliss-reactive ketones (excluding diaryl/α,β-unsaturated/α-hetero) is 2. The molecule has 0 saturated heterocycles. The first-order valence-corrected chi connectivity index (χ1v) is 9.84. The van der Waals surface area contributed by atoms with Crippen LogP contribution in [0.15, 0.2) is 16.2 Å². The van der Waals surface area contributed by atoms with E-state index >= 15 is 0 Å². The van der Waals surface area contributed by atoms with Crippen molar-refractivity contribution in [2.45, 2.75) is 70.8 Å². The first-order chi connectivity index (χ1) is 13.0. The normalized spacial score (nSPS) is 22.0. The number of hydrogen-bond acceptors (Lipinski definition) is 7. The molecule has 0 aromatic carbocycles. The van der Waals surface area contributed by atoms with Crippen LogP contribution in [0.3, 0.4) is 0 Å². The molecule has 0 radical (unpaired) electrons. The summed E-state index contributed by atoms with van der Waals surface area (Å²) in [6.07, 6.45) is 5.07. The van der Waals surface area contributed by atoms with Crippen LogP contribution in [0.2, 0.25) is 0 Å². The van der Waals surface area contributed by atoms with Crippen LogP contribution in [0, 0.1) is 5.92 Å². The van der Waals surface area contributed by atoms with E-state index in [9.17, 15) is 19.5 Å². The van der Waals surface area contributed by atoms with Crippen molar-refractivity contribution in [1.29, 1.82) is 0 Å². The summed E-state index contributed by atoms with van der Waals surface area (Å²) < 4.78 is 4.64. The van der Waals surface area contributed by atoms with E-state index in [-0.39, 0.29) is 30.8 Å². The van der Waals surface area contributed by atoms with Crippen molar-refractivity contribution in [3.05, 3.63) is 11.1 Å². The lowest BCUT2D eigenvalue weighted by Gasteiger charge is -2.18. The van der Waals surface area contributed by atoms with E-state index in [2.05, 4.69) is 22.2 Å². The molecule has 2 aliphatic rings. The minimum atomic E-state index is -0.919. The van der Waals surface area contributed by atoms with E-state index in [1.54, 1.807) is 0 Å². The number of hydrogen-bond donors (Lipinski definition) is 2. The first-order valence-electron chi connectivity index (χ1n) is 9.84. The Bertz CT molecular complexity index is 638. The second kappa shape index (κ2) is 10.3. The molecule has 0 aromatic heterocycles. The number of carbonyl (C=O) groups is 3. The number of ether oxygens (including phenoxy) is 1. The molecule has 1 heterocycles. The van der Waals surface area contributed by atoms with Gasteiger partial charge in [0.25, 0.3) is 0 Å². The van der Waals surface area contributed by atoms with Crippen LogP contribution in [0.5, 0.6) is 0 Å². The molecule has 0 bridgehead atoms. The molecule has 0 fully saturated rings. The van der Waals surface area contributed by atoms with Crippen molar-refractivity contribution in [2.75, 3.05) is 13.7 Å². The molecule has 2 unspecified atom stereocenters. The molecular formula is C20H30N2O5. The van der Waals surface area contributed by atoms with Crippen molar-refractivity contribution >= 4 is 23.2 Å². The number of rotatable bonds is 11. The summed E-state index contributed by atoms with van der Waals surface area (Å²) in [5.74, 6) is -1.01. The molecule has 7 heteroatoms. The summed E-state index contributed by atoms with van der Waals surface area (Å²) in [7, 11) is 1.30. The molecule has 0 spiro atoms. The summed E-state index contributed by atoms with van der Waals surface area (Å²) in [6, 6.07) is 0. The van der Waals surface area contributed by atoms with Crippen molar-refractivity contribution in [1.82, 2.24) is 5.43 Å². The number of aliphatic hydroxyl groups is 1. The van der Waals surface area contributed by atoms with Gasteiger partial charge in [-0.25, -0.2) is 0 Å². The van der Waals surface area contributed by atoms with Gasteiger partial charge < -0.3 is 15.3 Å². The summed E-state index contributed by atoms with van der Waals surface area (Å²) in [4.78, 5) is 36.3. The molecule has 2 atom stereocenters. The van der Waals surface area contributed by atoms with Crippen molar-refractivity contribution in [3.63, 3.8) is 0 Å². The second-order valence-electron chi connectivity index (χ2n) is 7.15. The third-order valence-corrected chi connectivity index (χ3v) is 5.22. The first kappa shape index (κ1) is 21.3. The van der Waals surface area contributed by atoms with Gasteiger partial charge in [-0.05, 0) is 24.0 Å². The summed E-state index contributed by atoms with van der Waals surface area (Å²) in [5, 5.41) is 14.5. The quantitative estimate of drug-likeness (QED) is 0.421.